The van der Waals surface area contributed by atoms with Crippen molar-refractivity contribution in [3.63, 3.8) is 0 Å². The summed E-state index contributed by atoms with van der Waals surface area (Å²) < 4.78 is 0. The molecular formula is C16H25N5O. The maximum atomic E-state index is 12.3. The second kappa shape index (κ2) is 7.05. The van der Waals surface area contributed by atoms with Crippen molar-refractivity contribution in [2.75, 3.05) is 36.4 Å². The van der Waals surface area contributed by atoms with E-state index in [0.29, 0.717) is 11.7 Å². The van der Waals surface area contributed by atoms with Gasteiger partial charge >= 0.3 is 0 Å². The van der Waals surface area contributed by atoms with Crippen LogP contribution < -0.4 is 15.5 Å². The van der Waals surface area contributed by atoms with Gasteiger partial charge in [0.25, 0.3) is 0 Å². The monoisotopic (exact) mass is 303 g/mol. The van der Waals surface area contributed by atoms with Crippen LogP contribution in [0.2, 0.25) is 0 Å². The lowest BCUT2D eigenvalue weighted by Crippen LogP contribution is -2.43. The van der Waals surface area contributed by atoms with Crippen LogP contribution in [0, 0.1) is 11.8 Å². The van der Waals surface area contributed by atoms with Gasteiger partial charge in [-0.2, -0.15) is 0 Å². The molecule has 0 bridgehead atoms. The summed E-state index contributed by atoms with van der Waals surface area (Å²) >= 11 is 0. The molecule has 0 aromatic carbocycles. The molecule has 1 aliphatic heterocycles. The van der Waals surface area contributed by atoms with Crippen molar-refractivity contribution < 1.29 is 4.79 Å². The van der Waals surface area contributed by atoms with Gasteiger partial charge in [0.05, 0.1) is 12.4 Å². The van der Waals surface area contributed by atoms with E-state index in [1.165, 1.54) is 6.42 Å². The standard InChI is InChI=1S/C16H25N5O/c1-12-3-2-4-13(9-12)16(22)20-14-10-19-15(11-18-14)21-7-5-17-6-8-21/h10-13,17H,2-9H2,1H3,(H,18,20,22). The minimum absolute atomic E-state index is 0.0933. The van der Waals surface area contributed by atoms with Gasteiger partial charge < -0.3 is 15.5 Å². The van der Waals surface area contributed by atoms with Gasteiger partial charge in [-0.1, -0.05) is 19.8 Å². The highest BCUT2D eigenvalue weighted by atomic mass is 16.1. The number of hydrogen-bond acceptors (Lipinski definition) is 5. The van der Waals surface area contributed by atoms with Gasteiger partial charge in [0.1, 0.15) is 5.82 Å². The highest BCUT2D eigenvalue weighted by molar-refractivity contribution is 5.91. The first-order chi connectivity index (χ1) is 10.7. The number of amides is 1. The number of aromatic nitrogens is 2. The molecule has 2 aliphatic rings. The fourth-order valence-corrected chi connectivity index (χ4v) is 3.34. The van der Waals surface area contributed by atoms with E-state index < -0.39 is 0 Å². The van der Waals surface area contributed by atoms with E-state index in [1.807, 2.05) is 0 Å². The van der Waals surface area contributed by atoms with Crippen LogP contribution in [0.25, 0.3) is 0 Å². The lowest BCUT2D eigenvalue weighted by atomic mass is 9.82. The normalized spacial score (nSPS) is 25.8. The highest BCUT2D eigenvalue weighted by Crippen LogP contribution is 2.29. The molecule has 2 atom stereocenters. The fourth-order valence-electron chi connectivity index (χ4n) is 3.34. The van der Waals surface area contributed by atoms with E-state index in [9.17, 15) is 4.79 Å². The van der Waals surface area contributed by atoms with Crippen LogP contribution in [0.1, 0.15) is 32.6 Å². The van der Waals surface area contributed by atoms with Crippen LogP contribution in [0.4, 0.5) is 11.6 Å². The number of rotatable bonds is 3. The van der Waals surface area contributed by atoms with Gasteiger partial charge in [-0.15, -0.1) is 0 Å². The Balaban J connectivity index is 1.57. The Morgan fingerprint density at radius 1 is 1.27 bits per heavy atom. The molecule has 1 aromatic rings. The zero-order valence-electron chi connectivity index (χ0n) is 13.2. The van der Waals surface area contributed by atoms with Crippen molar-refractivity contribution in [1.29, 1.82) is 0 Å². The third-order valence-corrected chi connectivity index (χ3v) is 4.64. The number of carbonyl (C=O) groups is 1. The molecular weight excluding hydrogens is 278 g/mol. The highest BCUT2D eigenvalue weighted by Gasteiger charge is 2.25. The number of nitrogens with one attached hydrogen (secondary N) is 2. The van der Waals surface area contributed by atoms with E-state index in [0.717, 1.165) is 51.3 Å². The van der Waals surface area contributed by atoms with Crippen LogP contribution in [-0.4, -0.2) is 42.1 Å². The van der Waals surface area contributed by atoms with Gasteiger partial charge in [0.15, 0.2) is 5.82 Å². The average Bonchev–Trinajstić information content (AvgIpc) is 2.56. The molecule has 1 saturated carbocycles. The molecule has 3 rings (SSSR count). The van der Waals surface area contributed by atoms with Crippen molar-refractivity contribution in [1.82, 2.24) is 15.3 Å². The molecule has 6 nitrogen and oxygen atoms in total. The van der Waals surface area contributed by atoms with Crippen LogP contribution in [-0.2, 0) is 4.79 Å². The zero-order chi connectivity index (χ0) is 15.4. The molecule has 1 amide bonds. The minimum atomic E-state index is 0.0933. The first-order valence-corrected chi connectivity index (χ1v) is 8.31. The fraction of sp³-hybridized carbons (Fsp3) is 0.688. The molecule has 1 aromatic heterocycles. The Morgan fingerprint density at radius 3 is 2.77 bits per heavy atom. The molecule has 120 valence electrons. The zero-order valence-corrected chi connectivity index (χ0v) is 13.2. The van der Waals surface area contributed by atoms with Gasteiger partial charge in [-0.25, -0.2) is 9.97 Å². The molecule has 2 unspecified atom stereocenters. The first kappa shape index (κ1) is 15.2. The number of anilines is 2. The quantitative estimate of drug-likeness (QED) is 0.888. The lowest BCUT2D eigenvalue weighted by molar-refractivity contribution is -0.121. The Hall–Kier alpha value is -1.69. The molecule has 2 heterocycles. The summed E-state index contributed by atoms with van der Waals surface area (Å²) in [5.41, 5.74) is 0. The summed E-state index contributed by atoms with van der Waals surface area (Å²) in [5.74, 6) is 2.30. The number of carbonyl (C=O) groups excluding carboxylic acids is 1. The van der Waals surface area contributed by atoms with Gasteiger partial charge in [-0.3, -0.25) is 4.79 Å². The van der Waals surface area contributed by atoms with Crippen molar-refractivity contribution in [2.24, 2.45) is 11.8 Å². The number of nitrogens with zero attached hydrogens (tertiary/aromatic N) is 3. The average molecular weight is 303 g/mol. The summed E-state index contributed by atoms with van der Waals surface area (Å²) in [6.07, 6.45) is 7.78. The van der Waals surface area contributed by atoms with Crippen molar-refractivity contribution in [3.05, 3.63) is 12.4 Å². The number of hydrogen-bond donors (Lipinski definition) is 2. The van der Waals surface area contributed by atoms with Crippen LogP contribution in [0.15, 0.2) is 12.4 Å². The largest absolute Gasteiger partial charge is 0.353 e. The van der Waals surface area contributed by atoms with E-state index in [1.54, 1.807) is 12.4 Å². The first-order valence-electron chi connectivity index (χ1n) is 8.31. The predicted molar refractivity (Wildman–Crippen MR) is 86.9 cm³/mol. The van der Waals surface area contributed by atoms with Crippen LogP contribution in [0.3, 0.4) is 0 Å². The summed E-state index contributed by atoms with van der Waals surface area (Å²) in [4.78, 5) is 23.3. The van der Waals surface area contributed by atoms with Crippen LogP contribution >= 0.6 is 0 Å². The molecule has 6 heteroatoms. The molecule has 1 aliphatic carbocycles. The Bertz CT molecular complexity index is 498. The maximum absolute atomic E-state index is 12.3. The van der Waals surface area contributed by atoms with Gasteiger partial charge in [0, 0.05) is 32.1 Å². The minimum Gasteiger partial charge on any atom is -0.353 e. The molecule has 1 saturated heterocycles. The third-order valence-electron chi connectivity index (χ3n) is 4.64. The van der Waals surface area contributed by atoms with Crippen molar-refractivity contribution in [3.8, 4) is 0 Å². The smallest absolute Gasteiger partial charge is 0.228 e. The molecule has 22 heavy (non-hydrogen) atoms. The van der Waals surface area contributed by atoms with E-state index >= 15 is 0 Å². The van der Waals surface area contributed by atoms with E-state index in [2.05, 4.69) is 32.4 Å². The summed E-state index contributed by atoms with van der Waals surface area (Å²) in [7, 11) is 0. The SMILES string of the molecule is CC1CCCC(C(=O)Nc2cnc(N3CCNCC3)cn2)C1. The Kier molecular flexibility index (Phi) is 4.87. The Labute approximate surface area is 131 Å². The molecule has 2 fully saturated rings. The third kappa shape index (κ3) is 3.74. The maximum Gasteiger partial charge on any atom is 0.228 e. The number of piperazine rings is 1. The van der Waals surface area contributed by atoms with E-state index in [-0.39, 0.29) is 11.8 Å². The van der Waals surface area contributed by atoms with Crippen molar-refractivity contribution in [2.45, 2.75) is 32.6 Å². The van der Waals surface area contributed by atoms with Crippen molar-refractivity contribution >= 4 is 17.5 Å². The van der Waals surface area contributed by atoms with E-state index in [4.69, 9.17) is 0 Å². The van der Waals surface area contributed by atoms with Gasteiger partial charge in [0.2, 0.25) is 5.91 Å². The lowest BCUT2D eigenvalue weighted by Gasteiger charge is -2.28. The molecule has 0 spiro atoms. The topological polar surface area (TPSA) is 70.2 Å². The summed E-state index contributed by atoms with van der Waals surface area (Å²) in [6.45, 7) is 6.06. The van der Waals surface area contributed by atoms with Crippen LogP contribution in [0.5, 0.6) is 0 Å². The summed E-state index contributed by atoms with van der Waals surface area (Å²) in [6, 6.07) is 0. The predicted octanol–water partition coefficient (Wildman–Crippen LogP) is 1.65. The molecule has 2 N–H and O–H groups in total. The molecule has 0 radical (unpaired) electrons. The summed E-state index contributed by atoms with van der Waals surface area (Å²) in [5, 5.41) is 6.23. The van der Waals surface area contributed by atoms with Gasteiger partial charge in [-0.05, 0) is 18.8 Å². The second-order valence-corrected chi connectivity index (χ2v) is 6.45. The Morgan fingerprint density at radius 2 is 2.09 bits per heavy atom. The second-order valence-electron chi connectivity index (χ2n) is 6.45.